The van der Waals surface area contributed by atoms with E-state index in [-0.39, 0.29) is 4.90 Å². The van der Waals surface area contributed by atoms with Crippen molar-refractivity contribution in [1.82, 2.24) is 24.3 Å². The number of rotatable bonds is 6. The second-order valence-corrected chi connectivity index (χ2v) is 7.69. The van der Waals surface area contributed by atoms with Gasteiger partial charge in [-0.1, -0.05) is 13.8 Å². The minimum atomic E-state index is -3.40. The van der Waals surface area contributed by atoms with Gasteiger partial charge in [0.25, 0.3) is 0 Å². The van der Waals surface area contributed by atoms with Gasteiger partial charge in [-0.05, 0) is 7.05 Å². The van der Waals surface area contributed by atoms with E-state index < -0.39 is 10.0 Å². The first kappa shape index (κ1) is 16.4. The summed E-state index contributed by atoms with van der Waals surface area (Å²) in [5, 5.41) is 7.43. The summed E-state index contributed by atoms with van der Waals surface area (Å²) >= 11 is 0. The van der Waals surface area contributed by atoms with Gasteiger partial charge in [0.2, 0.25) is 10.0 Å². The van der Waals surface area contributed by atoms with Crippen LogP contribution in [0.5, 0.6) is 0 Å². The van der Waals surface area contributed by atoms with Crippen LogP contribution >= 0.6 is 0 Å². The lowest BCUT2D eigenvalue weighted by molar-refractivity contribution is 0.222. The van der Waals surface area contributed by atoms with Crippen molar-refractivity contribution in [1.29, 1.82) is 0 Å². The highest BCUT2D eigenvalue weighted by atomic mass is 32.2. The molecule has 0 atom stereocenters. The van der Waals surface area contributed by atoms with E-state index in [0.29, 0.717) is 25.7 Å². The number of nitrogens with zero attached hydrogens (tertiary/aromatic N) is 4. The van der Waals surface area contributed by atoms with Crippen LogP contribution in [0.4, 0.5) is 0 Å². The minimum Gasteiger partial charge on any atom is -0.313 e. The van der Waals surface area contributed by atoms with E-state index in [0.717, 1.165) is 19.6 Å². The lowest BCUT2D eigenvalue weighted by atomic mass is 10.4. The summed E-state index contributed by atoms with van der Waals surface area (Å²) in [4.78, 5) is 2.42. The molecule has 0 aromatic carbocycles. The van der Waals surface area contributed by atoms with Crippen molar-refractivity contribution in [2.24, 2.45) is 0 Å². The summed E-state index contributed by atoms with van der Waals surface area (Å²) in [7, 11) is -1.40. The molecule has 0 spiro atoms. The van der Waals surface area contributed by atoms with Gasteiger partial charge in [0.1, 0.15) is 4.90 Å². The van der Waals surface area contributed by atoms with E-state index in [4.69, 9.17) is 0 Å². The largest absolute Gasteiger partial charge is 0.313 e. The molecule has 1 aromatic heterocycles. The lowest BCUT2D eigenvalue weighted by Gasteiger charge is -2.31. The topological polar surface area (TPSA) is 70.5 Å². The van der Waals surface area contributed by atoms with Crippen molar-refractivity contribution in [2.45, 2.75) is 31.3 Å². The first-order valence-electron chi connectivity index (χ1n) is 7.34. The van der Waals surface area contributed by atoms with E-state index in [1.807, 2.05) is 7.05 Å². The van der Waals surface area contributed by atoms with Crippen LogP contribution in [-0.2, 0) is 16.6 Å². The molecule has 0 unspecified atom stereocenters. The molecule has 1 aromatic rings. The normalized spacial score (nSPS) is 18.5. The maximum atomic E-state index is 12.5. The number of sulfonamides is 1. The molecule has 1 saturated heterocycles. The van der Waals surface area contributed by atoms with Crippen molar-refractivity contribution < 1.29 is 8.42 Å². The lowest BCUT2D eigenvalue weighted by Crippen LogP contribution is -2.46. The molecule has 8 heteroatoms. The third-order valence-corrected chi connectivity index (χ3v) is 5.45. The summed E-state index contributed by atoms with van der Waals surface area (Å²) in [6, 6.07) is 0.411. The van der Waals surface area contributed by atoms with Crippen LogP contribution in [0.2, 0.25) is 0 Å². The predicted octanol–water partition coefficient (Wildman–Crippen LogP) is -0.183. The molecule has 1 aliphatic heterocycles. The van der Waals surface area contributed by atoms with Gasteiger partial charge in [-0.15, -0.1) is 0 Å². The Labute approximate surface area is 127 Å². The summed E-state index contributed by atoms with van der Waals surface area (Å²) in [5.74, 6) is 0. The van der Waals surface area contributed by atoms with Gasteiger partial charge in [0, 0.05) is 45.0 Å². The summed E-state index contributed by atoms with van der Waals surface area (Å²) in [6.07, 6.45) is 3.07. The fraction of sp³-hybridized carbons (Fsp3) is 0.769. The van der Waals surface area contributed by atoms with Gasteiger partial charge in [-0.25, -0.2) is 8.42 Å². The van der Waals surface area contributed by atoms with Gasteiger partial charge in [-0.3, -0.25) is 4.68 Å². The van der Waals surface area contributed by atoms with Crippen molar-refractivity contribution in [3.05, 3.63) is 12.4 Å². The molecule has 1 N–H and O–H groups in total. The summed E-state index contributed by atoms with van der Waals surface area (Å²) in [5.41, 5.74) is 0. The molecule has 0 bridgehead atoms. The van der Waals surface area contributed by atoms with Crippen LogP contribution < -0.4 is 5.32 Å². The van der Waals surface area contributed by atoms with E-state index in [1.165, 1.54) is 6.20 Å². The van der Waals surface area contributed by atoms with E-state index in [2.05, 4.69) is 29.2 Å². The molecule has 120 valence electrons. The molecule has 0 radical (unpaired) electrons. The first-order chi connectivity index (χ1) is 9.89. The molecule has 7 nitrogen and oxygen atoms in total. The second-order valence-electron chi connectivity index (χ2n) is 5.76. The summed E-state index contributed by atoms with van der Waals surface area (Å²) in [6.45, 7) is 8.21. The maximum Gasteiger partial charge on any atom is 0.246 e. The van der Waals surface area contributed by atoms with Gasteiger partial charge in [-0.2, -0.15) is 9.40 Å². The van der Waals surface area contributed by atoms with Crippen LogP contribution in [0.1, 0.15) is 13.8 Å². The Kier molecular flexibility index (Phi) is 5.37. The predicted molar refractivity (Wildman–Crippen MR) is 81.6 cm³/mol. The van der Waals surface area contributed by atoms with Crippen molar-refractivity contribution in [2.75, 3.05) is 39.8 Å². The van der Waals surface area contributed by atoms with Gasteiger partial charge in [0.15, 0.2) is 0 Å². The highest BCUT2D eigenvalue weighted by Crippen LogP contribution is 2.16. The average Bonchev–Trinajstić information content (AvgIpc) is 2.88. The highest BCUT2D eigenvalue weighted by Gasteiger charge is 2.28. The first-order valence-corrected chi connectivity index (χ1v) is 8.78. The van der Waals surface area contributed by atoms with E-state index in [9.17, 15) is 8.42 Å². The number of aromatic nitrogens is 2. The average molecular weight is 315 g/mol. The Morgan fingerprint density at radius 2 is 1.95 bits per heavy atom. The third kappa shape index (κ3) is 4.26. The molecule has 1 aliphatic rings. The molecule has 0 saturated carbocycles. The smallest absolute Gasteiger partial charge is 0.246 e. The van der Waals surface area contributed by atoms with Crippen LogP contribution in [0, 0.1) is 0 Å². The molecule has 1 fully saturated rings. The second kappa shape index (κ2) is 6.87. The van der Waals surface area contributed by atoms with Crippen molar-refractivity contribution >= 4 is 10.0 Å². The van der Waals surface area contributed by atoms with Crippen LogP contribution in [-0.4, -0.2) is 73.2 Å². The zero-order valence-corrected chi connectivity index (χ0v) is 13.8. The van der Waals surface area contributed by atoms with Crippen LogP contribution in [0.3, 0.4) is 0 Å². The number of hydrogen-bond donors (Lipinski definition) is 1. The number of nitrogens with one attached hydrogen (secondary N) is 1. The quantitative estimate of drug-likeness (QED) is 0.788. The number of piperazine rings is 1. The van der Waals surface area contributed by atoms with E-state index >= 15 is 0 Å². The van der Waals surface area contributed by atoms with Gasteiger partial charge >= 0.3 is 0 Å². The number of hydrogen-bond acceptors (Lipinski definition) is 5. The number of likely N-dealkylation sites (N-methyl/N-ethyl adjacent to an activating group) is 1. The Hall–Kier alpha value is -0.960. The zero-order chi connectivity index (χ0) is 15.5. The van der Waals surface area contributed by atoms with Crippen molar-refractivity contribution in [3.63, 3.8) is 0 Å². The monoisotopic (exact) mass is 315 g/mol. The van der Waals surface area contributed by atoms with Crippen molar-refractivity contribution in [3.8, 4) is 0 Å². The fourth-order valence-electron chi connectivity index (χ4n) is 2.25. The Morgan fingerprint density at radius 1 is 1.29 bits per heavy atom. The molecular weight excluding hydrogens is 290 g/mol. The Bertz CT molecular complexity index is 547. The third-order valence-electron chi connectivity index (χ3n) is 3.60. The molecular formula is C13H25N5O2S. The standard InChI is InChI=1S/C13H25N5O2S/c1-12(2)14-4-5-17-11-13(10-15-17)21(19,20)18-8-6-16(3)7-9-18/h10-12,14H,4-9H2,1-3H3. The van der Waals surface area contributed by atoms with Gasteiger partial charge in [0.05, 0.1) is 12.7 Å². The van der Waals surface area contributed by atoms with Gasteiger partial charge < -0.3 is 10.2 Å². The molecule has 2 rings (SSSR count). The molecule has 2 heterocycles. The SMILES string of the molecule is CC(C)NCCn1cc(S(=O)(=O)N2CCN(C)CC2)cn1. The highest BCUT2D eigenvalue weighted by molar-refractivity contribution is 7.89. The zero-order valence-electron chi connectivity index (χ0n) is 13.0. The minimum absolute atomic E-state index is 0.289. The molecule has 0 aliphatic carbocycles. The van der Waals surface area contributed by atoms with Crippen LogP contribution in [0.15, 0.2) is 17.3 Å². The van der Waals surface area contributed by atoms with Crippen LogP contribution in [0.25, 0.3) is 0 Å². The maximum absolute atomic E-state index is 12.5. The molecule has 0 amide bonds. The Balaban J connectivity index is 1.99. The fourth-order valence-corrected chi connectivity index (χ4v) is 3.62. The molecule has 21 heavy (non-hydrogen) atoms. The Morgan fingerprint density at radius 3 is 2.57 bits per heavy atom. The summed E-state index contributed by atoms with van der Waals surface area (Å²) < 4.78 is 28.3. The van der Waals surface area contributed by atoms with E-state index in [1.54, 1.807) is 15.2 Å².